The van der Waals surface area contributed by atoms with Crippen LogP contribution in [0, 0.1) is 23.1 Å². The van der Waals surface area contributed by atoms with E-state index in [0.717, 1.165) is 23.6 Å². The molecule has 1 aromatic carbocycles. The molecule has 1 fully saturated rings. The molecule has 88 valence electrons. The minimum Gasteiger partial charge on any atom is -0.295 e. The number of hydrogen-bond donors (Lipinski definition) is 1. The van der Waals surface area contributed by atoms with Crippen molar-refractivity contribution in [3.05, 3.63) is 35.1 Å². The van der Waals surface area contributed by atoms with E-state index in [1.54, 1.807) is 6.07 Å². The lowest BCUT2D eigenvalue weighted by Crippen LogP contribution is -2.40. The van der Waals surface area contributed by atoms with Gasteiger partial charge in [0, 0.05) is 0 Å². The van der Waals surface area contributed by atoms with Crippen molar-refractivity contribution in [2.45, 2.75) is 31.2 Å². The number of rotatable bonds is 3. The van der Waals surface area contributed by atoms with Crippen LogP contribution in [0.4, 0.5) is 4.39 Å². The fourth-order valence-electron chi connectivity index (χ4n) is 2.64. The van der Waals surface area contributed by atoms with Gasteiger partial charge in [-0.15, -0.1) is 0 Å². The average molecular weight is 230 g/mol. The molecule has 1 aromatic rings. The van der Waals surface area contributed by atoms with Crippen LogP contribution in [0.2, 0.25) is 0 Å². The van der Waals surface area contributed by atoms with Gasteiger partial charge in [0.1, 0.15) is 11.4 Å². The van der Waals surface area contributed by atoms with Gasteiger partial charge in [0.2, 0.25) is 0 Å². The first-order chi connectivity index (χ1) is 8.25. The van der Waals surface area contributed by atoms with Crippen LogP contribution in [0.3, 0.4) is 0 Å². The van der Waals surface area contributed by atoms with Crippen LogP contribution in [0.5, 0.6) is 0 Å². The summed E-state index contributed by atoms with van der Waals surface area (Å²) in [7, 11) is 0. The molecule has 2 aliphatic rings. The number of benzene rings is 1. The summed E-state index contributed by atoms with van der Waals surface area (Å²) in [6, 6.07) is 7.43. The number of halogens is 1. The summed E-state index contributed by atoms with van der Waals surface area (Å²) in [5, 5.41) is 12.8. The van der Waals surface area contributed by atoms with Gasteiger partial charge in [-0.25, -0.2) is 4.39 Å². The van der Waals surface area contributed by atoms with E-state index in [0.29, 0.717) is 12.8 Å². The van der Waals surface area contributed by atoms with Gasteiger partial charge in [-0.3, -0.25) is 5.32 Å². The molecule has 0 amide bonds. The second-order valence-electron chi connectivity index (χ2n) is 5.11. The van der Waals surface area contributed by atoms with Gasteiger partial charge >= 0.3 is 0 Å². The van der Waals surface area contributed by atoms with Gasteiger partial charge in [-0.05, 0) is 55.3 Å². The Morgan fingerprint density at radius 3 is 3.00 bits per heavy atom. The number of nitriles is 1. The molecule has 0 heterocycles. The highest BCUT2D eigenvalue weighted by molar-refractivity contribution is 5.44. The third-order valence-electron chi connectivity index (χ3n) is 3.91. The smallest absolute Gasteiger partial charge is 0.132 e. The molecule has 1 unspecified atom stereocenters. The van der Waals surface area contributed by atoms with E-state index in [9.17, 15) is 9.65 Å². The summed E-state index contributed by atoms with van der Waals surface area (Å²) in [5.41, 5.74) is 0.915. The highest BCUT2D eigenvalue weighted by atomic mass is 19.1. The Balaban J connectivity index is 1.92. The van der Waals surface area contributed by atoms with Crippen molar-refractivity contribution in [3.8, 4) is 6.07 Å². The summed E-state index contributed by atoms with van der Waals surface area (Å²) in [4.78, 5) is 0. The average Bonchev–Trinajstić information content (AvgIpc) is 3.10. The van der Waals surface area contributed by atoms with Gasteiger partial charge in [-0.1, -0.05) is 12.1 Å². The summed E-state index contributed by atoms with van der Waals surface area (Å²) >= 11 is 0. The number of nitrogens with one attached hydrogen (secondary N) is 1. The summed E-state index contributed by atoms with van der Waals surface area (Å²) in [6.07, 6.45) is 3.86. The summed E-state index contributed by atoms with van der Waals surface area (Å²) in [5.74, 6) is 0.547. The van der Waals surface area contributed by atoms with Crippen molar-refractivity contribution in [2.24, 2.45) is 5.92 Å². The Labute approximate surface area is 100 Å². The van der Waals surface area contributed by atoms with E-state index in [2.05, 4.69) is 11.4 Å². The predicted octanol–water partition coefficient (Wildman–Crippen LogP) is 2.49. The van der Waals surface area contributed by atoms with Gasteiger partial charge < -0.3 is 0 Å². The minimum atomic E-state index is -0.653. The van der Waals surface area contributed by atoms with Gasteiger partial charge in [0.05, 0.1) is 6.07 Å². The molecule has 3 rings (SSSR count). The van der Waals surface area contributed by atoms with Gasteiger partial charge in [0.15, 0.2) is 0 Å². The molecule has 0 radical (unpaired) electrons. The monoisotopic (exact) mass is 230 g/mol. The van der Waals surface area contributed by atoms with Crippen LogP contribution in [0.15, 0.2) is 18.2 Å². The van der Waals surface area contributed by atoms with Gasteiger partial charge in [0.25, 0.3) is 0 Å². The first-order valence-corrected chi connectivity index (χ1v) is 6.19. The van der Waals surface area contributed by atoms with Crippen LogP contribution < -0.4 is 5.32 Å². The maximum absolute atomic E-state index is 13.6. The Morgan fingerprint density at radius 2 is 2.29 bits per heavy atom. The highest BCUT2D eigenvalue weighted by Gasteiger charge is 2.40. The third kappa shape index (κ3) is 1.73. The minimum absolute atomic E-state index is 0.173. The lowest BCUT2D eigenvalue weighted by atomic mass is 9.93. The standard InChI is InChI=1S/C14H15FN2/c15-13-3-1-2-12-11(13)6-7-14(12,9-16)17-8-10-4-5-10/h1-3,10,17H,4-8H2. The first kappa shape index (κ1) is 10.7. The van der Waals surface area contributed by atoms with Crippen molar-refractivity contribution in [1.29, 1.82) is 5.26 Å². The number of hydrogen-bond acceptors (Lipinski definition) is 2. The van der Waals surface area contributed by atoms with Crippen molar-refractivity contribution < 1.29 is 4.39 Å². The molecule has 0 saturated heterocycles. The molecule has 1 saturated carbocycles. The zero-order valence-electron chi connectivity index (χ0n) is 9.67. The van der Waals surface area contributed by atoms with Crippen LogP contribution in [-0.2, 0) is 12.0 Å². The number of fused-ring (bicyclic) bond motifs is 1. The number of nitrogens with zero attached hydrogens (tertiary/aromatic N) is 1. The van der Waals surface area contributed by atoms with E-state index >= 15 is 0 Å². The zero-order valence-corrected chi connectivity index (χ0v) is 9.67. The zero-order chi connectivity index (χ0) is 11.9. The van der Waals surface area contributed by atoms with E-state index in [1.807, 2.05) is 6.07 Å². The molecule has 0 aliphatic heterocycles. The van der Waals surface area contributed by atoms with Crippen molar-refractivity contribution in [2.75, 3.05) is 6.54 Å². The van der Waals surface area contributed by atoms with Crippen LogP contribution in [-0.4, -0.2) is 6.54 Å². The van der Waals surface area contributed by atoms with Crippen LogP contribution in [0.1, 0.15) is 30.4 Å². The topological polar surface area (TPSA) is 35.8 Å². The largest absolute Gasteiger partial charge is 0.295 e. The maximum Gasteiger partial charge on any atom is 0.132 e. The van der Waals surface area contributed by atoms with Crippen molar-refractivity contribution in [1.82, 2.24) is 5.32 Å². The highest BCUT2D eigenvalue weighted by Crippen LogP contribution is 2.39. The van der Waals surface area contributed by atoms with E-state index in [-0.39, 0.29) is 5.82 Å². The normalized spacial score (nSPS) is 26.6. The lowest BCUT2D eigenvalue weighted by molar-refractivity contribution is 0.415. The van der Waals surface area contributed by atoms with Crippen LogP contribution >= 0.6 is 0 Å². The quantitative estimate of drug-likeness (QED) is 0.866. The predicted molar refractivity (Wildman–Crippen MR) is 62.7 cm³/mol. The molecule has 2 nitrogen and oxygen atoms in total. The molecule has 0 aromatic heterocycles. The molecule has 17 heavy (non-hydrogen) atoms. The molecule has 0 bridgehead atoms. The molecule has 0 spiro atoms. The van der Waals surface area contributed by atoms with Crippen molar-refractivity contribution >= 4 is 0 Å². The van der Waals surface area contributed by atoms with E-state index in [1.165, 1.54) is 18.9 Å². The molecule has 1 N–H and O–H groups in total. The Hall–Kier alpha value is -1.40. The molecule has 3 heteroatoms. The Morgan fingerprint density at radius 1 is 1.47 bits per heavy atom. The van der Waals surface area contributed by atoms with Crippen LogP contribution in [0.25, 0.3) is 0 Å². The maximum atomic E-state index is 13.6. The fraction of sp³-hybridized carbons (Fsp3) is 0.500. The molecular formula is C14H15FN2. The van der Waals surface area contributed by atoms with Gasteiger partial charge in [-0.2, -0.15) is 5.26 Å². The molecule has 1 atom stereocenters. The SMILES string of the molecule is N#CC1(NCC2CC2)CCc2c(F)cccc21. The third-order valence-corrected chi connectivity index (χ3v) is 3.91. The second kappa shape index (κ2) is 3.82. The second-order valence-corrected chi connectivity index (χ2v) is 5.11. The molecule has 2 aliphatic carbocycles. The Bertz CT molecular complexity index is 487. The Kier molecular flexibility index (Phi) is 2.41. The lowest BCUT2D eigenvalue weighted by Gasteiger charge is -2.24. The van der Waals surface area contributed by atoms with E-state index in [4.69, 9.17) is 0 Å². The summed E-state index contributed by atoms with van der Waals surface area (Å²) in [6.45, 7) is 0.878. The first-order valence-electron chi connectivity index (χ1n) is 6.19. The van der Waals surface area contributed by atoms with Crippen molar-refractivity contribution in [3.63, 3.8) is 0 Å². The van der Waals surface area contributed by atoms with E-state index < -0.39 is 5.54 Å². The molecular weight excluding hydrogens is 215 g/mol. The fourth-order valence-corrected chi connectivity index (χ4v) is 2.64. The summed E-state index contributed by atoms with van der Waals surface area (Å²) < 4.78 is 13.6.